The Balaban J connectivity index is 2.12. The standard InChI is InChI=1S/C21H30N4O4/c1-6-15-19(20(27)29-7-2)17(24-21(28)23-15)11-25(5)12-18(26)22-16-10-8-9-13(3)14(16)4/h8-10,15H,6-7,11-12H2,1-5H3,(H,22,26)(H2,23,24,28)/t15-/m0/s1. The molecule has 1 atom stereocenters. The van der Waals surface area contributed by atoms with Gasteiger partial charge in [0.05, 0.1) is 24.8 Å². The zero-order chi connectivity index (χ0) is 21.6. The van der Waals surface area contributed by atoms with Crippen LogP contribution in [0.15, 0.2) is 29.5 Å². The van der Waals surface area contributed by atoms with Crippen molar-refractivity contribution in [3.63, 3.8) is 0 Å². The Morgan fingerprint density at radius 2 is 1.97 bits per heavy atom. The fourth-order valence-electron chi connectivity index (χ4n) is 3.23. The summed E-state index contributed by atoms with van der Waals surface area (Å²) < 4.78 is 5.16. The molecule has 2 rings (SSSR count). The number of carbonyl (C=O) groups excluding carboxylic acids is 3. The lowest BCUT2D eigenvalue weighted by atomic mass is 10.00. The van der Waals surface area contributed by atoms with Crippen LogP contribution in [0.25, 0.3) is 0 Å². The Labute approximate surface area is 171 Å². The van der Waals surface area contributed by atoms with E-state index in [2.05, 4.69) is 16.0 Å². The molecule has 0 spiro atoms. The molecule has 0 aliphatic carbocycles. The second kappa shape index (κ2) is 10.1. The molecule has 1 heterocycles. The summed E-state index contributed by atoms with van der Waals surface area (Å²) in [5.74, 6) is -0.637. The third-order valence-corrected chi connectivity index (χ3v) is 4.87. The molecule has 0 saturated heterocycles. The van der Waals surface area contributed by atoms with Gasteiger partial charge in [0, 0.05) is 17.9 Å². The van der Waals surface area contributed by atoms with E-state index in [9.17, 15) is 14.4 Å². The van der Waals surface area contributed by atoms with Gasteiger partial charge in [-0.05, 0) is 51.4 Å². The van der Waals surface area contributed by atoms with Gasteiger partial charge in [0.15, 0.2) is 0 Å². The van der Waals surface area contributed by atoms with Crippen LogP contribution in [0.5, 0.6) is 0 Å². The number of likely N-dealkylation sites (N-methyl/N-ethyl adjacent to an activating group) is 1. The molecule has 1 aromatic rings. The van der Waals surface area contributed by atoms with Gasteiger partial charge in [-0.15, -0.1) is 0 Å². The van der Waals surface area contributed by atoms with Gasteiger partial charge >= 0.3 is 12.0 Å². The van der Waals surface area contributed by atoms with E-state index in [1.165, 1.54) is 0 Å². The summed E-state index contributed by atoms with van der Waals surface area (Å²) in [4.78, 5) is 38.6. The highest BCUT2D eigenvalue weighted by Gasteiger charge is 2.31. The first-order valence-electron chi connectivity index (χ1n) is 9.79. The molecule has 1 aliphatic heterocycles. The van der Waals surface area contributed by atoms with Crippen molar-refractivity contribution in [1.82, 2.24) is 15.5 Å². The van der Waals surface area contributed by atoms with E-state index in [1.54, 1.807) is 18.9 Å². The fourth-order valence-corrected chi connectivity index (χ4v) is 3.23. The fraction of sp³-hybridized carbons (Fsp3) is 0.476. The maximum atomic E-state index is 12.5. The molecule has 29 heavy (non-hydrogen) atoms. The summed E-state index contributed by atoms with van der Waals surface area (Å²) in [6.45, 7) is 8.15. The molecule has 8 nitrogen and oxygen atoms in total. The zero-order valence-corrected chi connectivity index (χ0v) is 17.7. The van der Waals surface area contributed by atoms with Gasteiger partial charge in [-0.3, -0.25) is 9.69 Å². The number of aryl methyl sites for hydroxylation is 1. The van der Waals surface area contributed by atoms with Gasteiger partial charge in [-0.25, -0.2) is 9.59 Å². The van der Waals surface area contributed by atoms with Crippen LogP contribution in [0.1, 0.15) is 31.4 Å². The van der Waals surface area contributed by atoms with Gasteiger partial charge in [-0.1, -0.05) is 19.1 Å². The highest BCUT2D eigenvalue weighted by Crippen LogP contribution is 2.19. The lowest BCUT2D eigenvalue weighted by Crippen LogP contribution is -2.52. The van der Waals surface area contributed by atoms with Crippen LogP contribution in [0, 0.1) is 13.8 Å². The van der Waals surface area contributed by atoms with Crippen molar-refractivity contribution < 1.29 is 19.1 Å². The van der Waals surface area contributed by atoms with Crippen molar-refractivity contribution in [3.05, 3.63) is 40.6 Å². The lowest BCUT2D eigenvalue weighted by molar-refractivity contribution is -0.139. The van der Waals surface area contributed by atoms with Crippen LogP contribution < -0.4 is 16.0 Å². The maximum absolute atomic E-state index is 12.5. The van der Waals surface area contributed by atoms with Gasteiger partial charge in [0.25, 0.3) is 0 Å². The van der Waals surface area contributed by atoms with E-state index >= 15 is 0 Å². The summed E-state index contributed by atoms with van der Waals surface area (Å²) in [6, 6.07) is 4.96. The molecule has 3 amide bonds. The van der Waals surface area contributed by atoms with Crippen molar-refractivity contribution in [2.75, 3.05) is 32.1 Å². The summed E-state index contributed by atoms with van der Waals surface area (Å²) in [7, 11) is 1.76. The number of amides is 3. The van der Waals surface area contributed by atoms with Crippen LogP contribution in [0.2, 0.25) is 0 Å². The molecule has 1 aliphatic rings. The number of ether oxygens (including phenoxy) is 1. The van der Waals surface area contributed by atoms with Crippen molar-refractivity contribution >= 4 is 23.6 Å². The van der Waals surface area contributed by atoms with Crippen LogP contribution in [-0.4, -0.2) is 55.6 Å². The Morgan fingerprint density at radius 1 is 1.24 bits per heavy atom. The van der Waals surface area contributed by atoms with E-state index in [-0.39, 0.29) is 31.6 Å². The first-order valence-corrected chi connectivity index (χ1v) is 9.79. The van der Waals surface area contributed by atoms with E-state index in [4.69, 9.17) is 4.74 Å². The highest BCUT2D eigenvalue weighted by molar-refractivity contribution is 5.95. The second-order valence-electron chi connectivity index (χ2n) is 7.14. The van der Waals surface area contributed by atoms with Crippen molar-refractivity contribution in [2.24, 2.45) is 0 Å². The van der Waals surface area contributed by atoms with Crippen LogP contribution in [0.4, 0.5) is 10.5 Å². The number of esters is 1. The lowest BCUT2D eigenvalue weighted by Gasteiger charge is -2.30. The minimum absolute atomic E-state index is 0.104. The monoisotopic (exact) mass is 402 g/mol. The smallest absolute Gasteiger partial charge is 0.337 e. The molecule has 1 aromatic carbocycles. The van der Waals surface area contributed by atoms with Crippen molar-refractivity contribution in [2.45, 2.75) is 40.2 Å². The van der Waals surface area contributed by atoms with Gasteiger partial charge in [-0.2, -0.15) is 0 Å². The number of hydrogen-bond acceptors (Lipinski definition) is 5. The Bertz CT molecular complexity index is 819. The molecule has 0 aromatic heterocycles. The zero-order valence-electron chi connectivity index (χ0n) is 17.7. The summed E-state index contributed by atoms with van der Waals surface area (Å²) >= 11 is 0. The average molecular weight is 402 g/mol. The third kappa shape index (κ3) is 5.80. The number of urea groups is 1. The molecular formula is C21H30N4O4. The molecule has 0 fully saturated rings. The number of nitrogens with one attached hydrogen (secondary N) is 3. The predicted octanol–water partition coefficient (Wildman–Crippen LogP) is 2.08. The Kier molecular flexibility index (Phi) is 7.78. The number of anilines is 1. The summed E-state index contributed by atoms with van der Waals surface area (Å²) in [5.41, 5.74) is 3.75. The van der Waals surface area contributed by atoms with E-state index < -0.39 is 12.0 Å². The first kappa shape index (κ1) is 22.4. The molecule has 3 N–H and O–H groups in total. The van der Waals surface area contributed by atoms with Crippen LogP contribution >= 0.6 is 0 Å². The topological polar surface area (TPSA) is 99.8 Å². The first-order chi connectivity index (χ1) is 13.8. The SMILES string of the molecule is CCOC(=O)C1=C(CN(C)CC(=O)Nc2cccc(C)c2C)NC(=O)N[C@H]1CC. The molecule has 0 saturated carbocycles. The van der Waals surface area contributed by atoms with Gasteiger partial charge in [0.1, 0.15) is 0 Å². The van der Waals surface area contributed by atoms with E-state index in [0.29, 0.717) is 17.7 Å². The summed E-state index contributed by atoms with van der Waals surface area (Å²) in [6.07, 6.45) is 0.557. The summed E-state index contributed by atoms with van der Waals surface area (Å²) in [5, 5.41) is 8.35. The van der Waals surface area contributed by atoms with Crippen molar-refractivity contribution in [1.29, 1.82) is 0 Å². The second-order valence-corrected chi connectivity index (χ2v) is 7.14. The molecule has 0 unspecified atom stereocenters. The number of hydrogen-bond donors (Lipinski definition) is 3. The minimum Gasteiger partial charge on any atom is -0.463 e. The largest absolute Gasteiger partial charge is 0.463 e. The third-order valence-electron chi connectivity index (χ3n) is 4.87. The number of benzene rings is 1. The Morgan fingerprint density at radius 3 is 2.62 bits per heavy atom. The van der Waals surface area contributed by atoms with Gasteiger partial charge in [0.2, 0.25) is 5.91 Å². The number of nitrogens with zero attached hydrogens (tertiary/aromatic N) is 1. The van der Waals surface area contributed by atoms with Crippen LogP contribution in [0.3, 0.4) is 0 Å². The van der Waals surface area contributed by atoms with E-state index in [0.717, 1.165) is 16.8 Å². The minimum atomic E-state index is -0.463. The Hall–Kier alpha value is -2.87. The molecule has 158 valence electrons. The molecule has 8 heteroatoms. The molecule has 0 bridgehead atoms. The van der Waals surface area contributed by atoms with Crippen LogP contribution in [-0.2, 0) is 14.3 Å². The quantitative estimate of drug-likeness (QED) is 0.578. The number of carbonyl (C=O) groups is 3. The van der Waals surface area contributed by atoms with Gasteiger partial charge < -0.3 is 20.7 Å². The average Bonchev–Trinajstić information content (AvgIpc) is 2.64. The molecule has 0 radical (unpaired) electrons. The normalized spacial score (nSPS) is 16.3. The highest BCUT2D eigenvalue weighted by atomic mass is 16.5. The predicted molar refractivity (Wildman–Crippen MR) is 111 cm³/mol. The van der Waals surface area contributed by atoms with Crippen molar-refractivity contribution in [3.8, 4) is 0 Å². The number of rotatable bonds is 8. The maximum Gasteiger partial charge on any atom is 0.337 e. The van der Waals surface area contributed by atoms with E-state index in [1.807, 2.05) is 39.0 Å². The molecular weight excluding hydrogens is 372 g/mol.